The second-order valence-electron chi connectivity index (χ2n) is 3.66. The lowest BCUT2D eigenvalue weighted by atomic mass is 10.1. The molecule has 0 bridgehead atoms. The number of benzene rings is 1. The molecule has 1 rings (SSSR count). The largest absolute Gasteiger partial charge is 0.298 e. The molecule has 0 aliphatic heterocycles. The molecule has 0 spiro atoms. The molecule has 1 aromatic rings. The summed E-state index contributed by atoms with van der Waals surface area (Å²) in [7, 11) is 1.98. The number of ketones is 1. The summed E-state index contributed by atoms with van der Waals surface area (Å²) in [6.07, 6.45) is 2.07. The Labute approximate surface area is 110 Å². The summed E-state index contributed by atoms with van der Waals surface area (Å²) in [5.74, 6) is 1.24. The zero-order chi connectivity index (χ0) is 12.0. The molecule has 0 saturated carbocycles. The van der Waals surface area contributed by atoms with Gasteiger partial charge in [0, 0.05) is 22.3 Å². The van der Waals surface area contributed by atoms with E-state index in [0.717, 1.165) is 22.3 Å². The molecule has 0 aromatic heterocycles. The summed E-state index contributed by atoms with van der Waals surface area (Å²) in [6.45, 7) is 1.44. The van der Waals surface area contributed by atoms with E-state index in [9.17, 15) is 4.79 Å². The average molecular weight is 302 g/mol. The second kappa shape index (κ2) is 7.09. The molecule has 88 valence electrons. The van der Waals surface area contributed by atoms with Crippen molar-refractivity contribution in [2.75, 3.05) is 32.1 Å². The maximum absolute atomic E-state index is 11.9. The van der Waals surface area contributed by atoms with E-state index in [-0.39, 0.29) is 5.78 Å². The Morgan fingerprint density at radius 3 is 2.56 bits per heavy atom. The van der Waals surface area contributed by atoms with Crippen LogP contribution in [-0.4, -0.2) is 42.8 Å². The van der Waals surface area contributed by atoms with Crippen LogP contribution in [0.4, 0.5) is 0 Å². The van der Waals surface area contributed by atoms with Gasteiger partial charge in [-0.25, -0.2) is 0 Å². The second-order valence-corrected chi connectivity index (χ2v) is 5.56. The molecule has 0 unspecified atom stereocenters. The Kier molecular flexibility index (Phi) is 6.09. The lowest BCUT2D eigenvalue weighted by Crippen LogP contribution is -2.28. The minimum atomic E-state index is 0.177. The van der Waals surface area contributed by atoms with Crippen LogP contribution in [0.1, 0.15) is 10.4 Å². The summed E-state index contributed by atoms with van der Waals surface area (Å²) >= 11 is 5.15. The molecular formula is C12H16BrNOS. The van der Waals surface area contributed by atoms with Crippen LogP contribution in [0, 0.1) is 0 Å². The SMILES string of the molecule is CSCCN(C)CC(=O)c1ccc(Br)cc1. The standard InChI is InChI=1S/C12H16BrNOS/c1-14(7-8-16-2)9-12(15)10-3-5-11(13)6-4-10/h3-6H,7-9H2,1-2H3. The lowest BCUT2D eigenvalue weighted by molar-refractivity contribution is 0.0949. The normalized spacial score (nSPS) is 10.8. The summed E-state index contributed by atoms with van der Waals surface area (Å²) in [6, 6.07) is 7.51. The molecule has 0 amide bonds. The van der Waals surface area contributed by atoms with Crippen LogP contribution >= 0.6 is 27.7 Å². The minimum Gasteiger partial charge on any atom is -0.298 e. The number of carbonyl (C=O) groups excluding carboxylic acids is 1. The molecule has 0 heterocycles. The van der Waals surface area contributed by atoms with E-state index >= 15 is 0 Å². The first-order valence-corrected chi connectivity index (χ1v) is 7.28. The van der Waals surface area contributed by atoms with Crippen molar-refractivity contribution >= 4 is 33.5 Å². The third kappa shape index (κ3) is 4.68. The first kappa shape index (κ1) is 13.7. The van der Waals surface area contributed by atoms with Gasteiger partial charge in [-0.2, -0.15) is 11.8 Å². The van der Waals surface area contributed by atoms with Gasteiger partial charge >= 0.3 is 0 Å². The number of thioether (sulfide) groups is 1. The Balaban J connectivity index is 2.48. The summed E-state index contributed by atoms with van der Waals surface area (Å²) < 4.78 is 1.000. The molecule has 1 aromatic carbocycles. The highest BCUT2D eigenvalue weighted by Gasteiger charge is 2.08. The van der Waals surface area contributed by atoms with Gasteiger partial charge in [0.25, 0.3) is 0 Å². The van der Waals surface area contributed by atoms with Crippen molar-refractivity contribution in [3.63, 3.8) is 0 Å². The van der Waals surface area contributed by atoms with E-state index in [1.807, 2.05) is 31.3 Å². The predicted octanol–water partition coefficient (Wildman–Crippen LogP) is 2.93. The van der Waals surface area contributed by atoms with Gasteiger partial charge in [0.15, 0.2) is 5.78 Å². The van der Waals surface area contributed by atoms with Crippen LogP contribution in [0.3, 0.4) is 0 Å². The van der Waals surface area contributed by atoms with E-state index in [1.165, 1.54) is 0 Å². The predicted molar refractivity (Wildman–Crippen MR) is 74.4 cm³/mol. The zero-order valence-corrected chi connectivity index (χ0v) is 12.0. The number of nitrogens with zero attached hydrogens (tertiary/aromatic N) is 1. The van der Waals surface area contributed by atoms with Crippen LogP contribution in [0.5, 0.6) is 0 Å². The van der Waals surface area contributed by atoms with Gasteiger partial charge < -0.3 is 0 Å². The van der Waals surface area contributed by atoms with E-state index in [2.05, 4.69) is 27.1 Å². The van der Waals surface area contributed by atoms with E-state index in [4.69, 9.17) is 0 Å². The van der Waals surface area contributed by atoms with Gasteiger partial charge in [0.2, 0.25) is 0 Å². The zero-order valence-electron chi connectivity index (χ0n) is 9.57. The maximum atomic E-state index is 11.9. The highest BCUT2D eigenvalue weighted by Crippen LogP contribution is 2.11. The van der Waals surface area contributed by atoms with Gasteiger partial charge in [-0.15, -0.1) is 0 Å². The fourth-order valence-corrected chi connectivity index (χ4v) is 2.06. The van der Waals surface area contributed by atoms with Gasteiger partial charge in [0.1, 0.15) is 0 Å². The molecule has 2 nitrogen and oxygen atoms in total. The molecule has 0 fully saturated rings. The average Bonchev–Trinajstić information content (AvgIpc) is 2.27. The van der Waals surface area contributed by atoms with E-state index in [1.54, 1.807) is 11.8 Å². The number of carbonyl (C=O) groups is 1. The van der Waals surface area contributed by atoms with Gasteiger partial charge in [-0.1, -0.05) is 28.1 Å². The molecule has 0 aliphatic rings. The van der Waals surface area contributed by atoms with Crippen LogP contribution in [-0.2, 0) is 0 Å². The molecule has 0 radical (unpaired) electrons. The summed E-state index contributed by atoms with van der Waals surface area (Å²) in [4.78, 5) is 13.9. The van der Waals surface area contributed by atoms with Crippen LogP contribution in [0.15, 0.2) is 28.7 Å². The quantitative estimate of drug-likeness (QED) is 0.754. The molecule has 0 aliphatic carbocycles. The van der Waals surface area contributed by atoms with Crippen molar-refractivity contribution in [3.05, 3.63) is 34.3 Å². The molecular weight excluding hydrogens is 286 g/mol. The number of Topliss-reactive ketones (excluding diaryl/α,β-unsaturated/α-hetero) is 1. The van der Waals surface area contributed by atoms with Crippen molar-refractivity contribution in [1.82, 2.24) is 4.90 Å². The topological polar surface area (TPSA) is 20.3 Å². The van der Waals surface area contributed by atoms with Gasteiger partial charge in [-0.3, -0.25) is 9.69 Å². The Morgan fingerprint density at radius 1 is 1.38 bits per heavy atom. The minimum absolute atomic E-state index is 0.177. The maximum Gasteiger partial charge on any atom is 0.176 e. The molecule has 4 heteroatoms. The molecule has 0 atom stereocenters. The fourth-order valence-electron chi connectivity index (χ4n) is 1.30. The number of rotatable bonds is 6. The molecule has 0 saturated heterocycles. The third-order valence-corrected chi connectivity index (χ3v) is 3.38. The lowest BCUT2D eigenvalue weighted by Gasteiger charge is -2.14. The monoisotopic (exact) mass is 301 g/mol. The van der Waals surface area contributed by atoms with Gasteiger partial charge in [-0.05, 0) is 25.4 Å². The van der Waals surface area contributed by atoms with Gasteiger partial charge in [0.05, 0.1) is 6.54 Å². The Morgan fingerprint density at radius 2 is 2.00 bits per heavy atom. The van der Waals surface area contributed by atoms with Crippen molar-refractivity contribution in [3.8, 4) is 0 Å². The fraction of sp³-hybridized carbons (Fsp3) is 0.417. The third-order valence-electron chi connectivity index (χ3n) is 2.26. The molecule has 0 N–H and O–H groups in total. The van der Waals surface area contributed by atoms with Crippen LogP contribution in [0.25, 0.3) is 0 Å². The summed E-state index contributed by atoms with van der Waals surface area (Å²) in [5.41, 5.74) is 0.777. The van der Waals surface area contributed by atoms with Crippen molar-refractivity contribution < 1.29 is 4.79 Å². The van der Waals surface area contributed by atoms with Crippen molar-refractivity contribution in [2.24, 2.45) is 0 Å². The number of hydrogen-bond donors (Lipinski definition) is 0. The Bertz CT molecular complexity index is 339. The first-order valence-electron chi connectivity index (χ1n) is 5.09. The Hall–Kier alpha value is -0.320. The molecule has 16 heavy (non-hydrogen) atoms. The number of hydrogen-bond acceptors (Lipinski definition) is 3. The number of likely N-dealkylation sites (N-methyl/N-ethyl adjacent to an activating group) is 1. The highest BCUT2D eigenvalue weighted by atomic mass is 79.9. The van der Waals surface area contributed by atoms with Crippen LogP contribution in [0.2, 0.25) is 0 Å². The van der Waals surface area contributed by atoms with E-state index < -0.39 is 0 Å². The number of halogens is 1. The highest BCUT2D eigenvalue weighted by molar-refractivity contribution is 9.10. The smallest absolute Gasteiger partial charge is 0.176 e. The van der Waals surface area contributed by atoms with E-state index in [0.29, 0.717) is 6.54 Å². The summed E-state index contributed by atoms with van der Waals surface area (Å²) in [5, 5.41) is 0. The van der Waals surface area contributed by atoms with Crippen LogP contribution < -0.4 is 0 Å². The van der Waals surface area contributed by atoms with Crippen molar-refractivity contribution in [1.29, 1.82) is 0 Å². The first-order chi connectivity index (χ1) is 7.63. The van der Waals surface area contributed by atoms with Crippen molar-refractivity contribution in [2.45, 2.75) is 0 Å².